The van der Waals surface area contributed by atoms with Crippen LogP contribution in [0.4, 0.5) is 11.4 Å². The number of anilines is 1. The highest BCUT2D eigenvalue weighted by Gasteiger charge is 2.26. The molecular formula is C21H27N3O3. The van der Waals surface area contributed by atoms with Crippen LogP contribution in [0, 0.1) is 10.1 Å². The third-order valence-corrected chi connectivity index (χ3v) is 4.23. The SMILES string of the molecule is CC(C)(C)c1cc(C=NNc2ccc([N+](=O)[O-])cc2)cc(C(C)(C)C)c1O. The lowest BCUT2D eigenvalue weighted by atomic mass is 9.78. The number of hydrazone groups is 1. The number of phenols is 1. The smallest absolute Gasteiger partial charge is 0.269 e. The van der Waals surface area contributed by atoms with Gasteiger partial charge in [0, 0.05) is 23.3 Å². The normalized spacial score (nSPS) is 12.4. The number of benzene rings is 2. The van der Waals surface area contributed by atoms with Crippen molar-refractivity contribution in [1.29, 1.82) is 0 Å². The van der Waals surface area contributed by atoms with E-state index in [1.807, 2.05) is 12.1 Å². The molecule has 0 saturated heterocycles. The second-order valence-corrected chi connectivity index (χ2v) is 8.64. The van der Waals surface area contributed by atoms with E-state index < -0.39 is 4.92 Å². The van der Waals surface area contributed by atoms with Gasteiger partial charge in [-0.2, -0.15) is 5.10 Å². The van der Waals surface area contributed by atoms with Crippen LogP contribution in [-0.2, 0) is 10.8 Å². The molecule has 0 fully saturated rings. The summed E-state index contributed by atoms with van der Waals surface area (Å²) in [5, 5.41) is 25.7. The second-order valence-electron chi connectivity index (χ2n) is 8.64. The van der Waals surface area contributed by atoms with Crippen LogP contribution in [0.1, 0.15) is 58.2 Å². The van der Waals surface area contributed by atoms with Crippen LogP contribution in [0.3, 0.4) is 0 Å². The molecule has 0 aliphatic heterocycles. The highest BCUT2D eigenvalue weighted by Crippen LogP contribution is 2.39. The van der Waals surface area contributed by atoms with Crippen molar-refractivity contribution in [3.8, 4) is 5.75 Å². The first-order valence-electron chi connectivity index (χ1n) is 8.81. The molecule has 2 rings (SSSR count). The van der Waals surface area contributed by atoms with Gasteiger partial charge in [0.05, 0.1) is 16.8 Å². The van der Waals surface area contributed by atoms with Gasteiger partial charge in [-0.1, -0.05) is 41.5 Å². The van der Waals surface area contributed by atoms with Gasteiger partial charge in [-0.25, -0.2) is 0 Å². The van der Waals surface area contributed by atoms with Crippen LogP contribution in [0.5, 0.6) is 5.75 Å². The van der Waals surface area contributed by atoms with Crippen molar-refractivity contribution in [2.24, 2.45) is 5.10 Å². The first kappa shape index (κ1) is 20.4. The van der Waals surface area contributed by atoms with Gasteiger partial charge in [0.1, 0.15) is 5.75 Å². The lowest BCUT2D eigenvalue weighted by Crippen LogP contribution is -2.17. The average molecular weight is 369 g/mol. The number of nitrogens with one attached hydrogen (secondary N) is 1. The number of hydrogen-bond donors (Lipinski definition) is 2. The number of aromatic hydroxyl groups is 1. The molecule has 0 aliphatic rings. The van der Waals surface area contributed by atoms with Gasteiger partial charge in [0.25, 0.3) is 5.69 Å². The summed E-state index contributed by atoms with van der Waals surface area (Å²) in [6, 6.07) is 9.93. The summed E-state index contributed by atoms with van der Waals surface area (Å²) >= 11 is 0. The molecule has 2 aromatic rings. The molecule has 144 valence electrons. The zero-order valence-electron chi connectivity index (χ0n) is 16.7. The van der Waals surface area contributed by atoms with E-state index in [1.165, 1.54) is 12.1 Å². The third-order valence-electron chi connectivity index (χ3n) is 4.23. The van der Waals surface area contributed by atoms with Crippen LogP contribution < -0.4 is 5.43 Å². The molecule has 0 aromatic heterocycles. The number of non-ortho nitro benzene ring substituents is 1. The summed E-state index contributed by atoms with van der Waals surface area (Å²) in [5.41, 5.74) is 5.75. The fourth-order valence-corrected chi connectivity index (χ4v) is 2.71. The minimum Gasteiger partial charge on any atom is -0.507 e. The molecule has 27 heavy (non-hydrogen) atoms. The largest absolute Gasteiger partial charge is 0.507 e. The quantitative estimate of drug-likeness (QED) is 0.432. The Labute approximate surface area is 160 Å². The fourth-order valence-electron chi connectivity index (χ4n) is 2.71. The zero-order chi connectivity index (χ0) is 20.4. The number of rotatable bonds is 4. The molecule has 0 amide bonds. The maximum atomic E-state index is 10.7. The molecule has 0 bridgehead atoms. The Kier molecular flexibility index (Phi) is 5.59. The summed E-state index contributed by atoms with van der Waals surface area (Å²) in [4.78, 5) is 10.3. The molecule has 6 heteroatoms. The maximum absolute atomic E-state index is 10.7. The maximum Gasteiger partial charge on any atom is 0.269 e. The van der Waals surface area contributed by atoms with E-state index in [4.69, 9.17) is 0 Å². The van der Waals surface area contributed by atoms with E-state index in [0.717, 1.165) is 16.7 Å². The number of nitrogens with zero attached hydrogens (tertiary/aromatic N) is 2. The molecule has 6 nitrogen and oxygen atoms in total. The zero-order valence-corrected chi connectivity index (χ0v) is 16.7. The topological polar surface area (TPSA) is 87.8 Å². The third kappa shape index (κ3) is 5.06. The first-order chi connectivity index (χ1) is 12.4. The predicted octanol–water partition coefficient (Wildman–Crippen LogP) is 5.34. The number of nitro benzene ring substituents is 1. The van der Waals surface area contributed by atoms with Gasteiger partial charge in [0.15, 0.2) is 0 Å². The van der Waals surface area contributed by atoms with E-state index in [0.29, 0.717) is 11.4 Å². The van der Waals surface area contributed by atoms with Crippen molar-refractivity contribution in [2.45, 2.75) is 52.4 Å². The summed E-state index contributed by atoms with van der Waals surface area (Å²) in [7, 11) is 0. The average Bonchev–Trinajstić information content (AvgIpc) is 2.54. The van der Waals surface area contributed by atoms with Gasteiger partial charge in [-0.05, 0) is 40.7 Å². The molecule has 0 unspecified atom stereocenters. The minimum atomic E-state index is -0.439. The molecule has 0 saturated carbocycles. The molecule has 2 N–H and O–H groups in total. The monoisotopic (exact) mass is 369 g/mol. The lowest BCUT2D eigenvalue weighted by Gasteiger charge is -2.27. The second kappa shape index (κ2) is 7.39. The number of phenolic OH excluding ortho intramolecular Hbond substituents is 1. The molecule has 0 atom stereocenters. The van der Waals surface area contributed by atoms with Crippen LogP contribution in [-0.4, -0.2) is 16.2 Å². The lowest BCUT2D eigenvalue weighted by molar-refractivity contribution is -0.384. The molecule has 0 heterocycles. The van der Waals surface area contributed by atoms with Crippen LogP contribution in [0.2, 0.25) is 0 Å². The van der Waals surface area contributed by atoms with Gasteiger partial charge >= 0.3 is 0 Å². The molecule has 0 aliphatic carbocycles. The van der Waals surface area contributed by atoms with Crippen molar-refractivity contribution in [1.82, 2.24) is 0 Å². The first-order valence-corrected chi connectivity index (χ1v) is 8.81. The van der Waals surface area contributed by atoms with Crippen LogP contribution >= 0.6 is 0 Å². The van der Waals surface area contributed by atoms with E-state index in [2.05, 4.69) is 52.1 Å². The Bertz CT molecular complexity index is 823. The van der Waals surface area contributed by atoms with Crippen molar-refractivity contribution in [2.75, 3.05) is 5.43 Å². The molecule has 0 radical (unpaired) electrons. The summed E-state index contributed by atoms with van der Waals surface area (Å²) in [6.07, 6.45) is 1.69. The Morgan fingerprint density at radius 2 is 1.48 bits per heavy atom. The van der Waals surface area contributed by atoms with Crippen molar-refractivity contribution >= 4 is 17.6 Å². The minimum absolute atomic E-state index is 0.0349. The van der Waals surface area contributed by atoms with E-state index in [-0.39, 0.29) is 16.5 Å². The van der Waals surface area contributed by atoms with Gasteiger partial charge in [-0.15, -0.1) is 0 Å². The predicted molar refractivity (Wildman–Crippen MR) is 110 cm³/mol. The highest BCUT2D eigenvalue weighted by atomic mass is 16.6. The van der Waals surface area contributed by atoms with Crippen molar-refractivity contribution < 1.29 is 10.0 Å². The molecule has 0 spiro atoms. The summed E-state index contributed by atoms with van der Waals surface area (Å²) in [6.45, 7) is 12.4. The van der Waals surface area contributed by atoms with Crippen molar-refractivity contribution in [3.63, 3.8) is 0 Å². The summed E-state index contributed by atoms with van der Waals surface area (Å²) in [5.74, 6) is 0.329. The Morgan fingerprint density at radius 3 is 1.89 bits per heavy atom. The van der Waals surface area contributed by atoms with Crippen LogP contribution in [0.15, 0.2) is 41.5 Å². The Morgan fingerprint density at radius 1 is 1.00 bits per heavy atom. The van der Waals surface area contributed by atoms with E-state index >= 15 is 0 Å². The fraction of sp³-hybridized carbons (Fsp3) is 0.381. The Balaban J connectivity index is 2.32. The number of nitro groups is 1. The van der Waals surface area contributed by atoms with E-state index in [1.54, 1.807) is 18.3 Å². The molecule has 2 aromatic carbocycles. The highest BCUT2D eigenvalue weighted by molar-refractivity contribution is 5.82. The number of hydrogen-bond acceptors (Lipinski definition) is 5. The van der Waals surface area contributed by atoms with E-state index in [9.17, 15) is 15.2 Å². The van der Waals surface area contributed by atoms with Gasteiger partial charge in [-0.3, -0.25) is 15.5 Å². The standard InChI is InChI=1S/C21H27N3O3/c1-20(2,3)17-11-14(12-18(19(17)25)21(4,5)6)13-22-23-15-7-9-16(10-8-15)24(26)27/h7-13,23,25H,1-6H3. The Hall–Kier alpha value is -2.89. The van der Waals surface area contributed by atoms with Crippen molar-refractivity contribution in [3.05, 3.63) is 63.2 Å². The van der Waals surface area contributed by atoms with Crippen LogP contribution in [0.25, 0.3) is 0 Å². The van der Waals surface area contributed by atoms with Gasteiger partial charge in [0.2, 0.25) is 0 Å². The molecular weight excluding hydrogens is 342 g/mol. The van der Waals surface area contributed by atoms with Gasteiger partial charge < -0.3 is 5.11 Å². The summed E-state index contributed by atoms with van der Waals surface area (Å²) < 4.78 is 0.